The van der Waals surface area contributed by atoms with Crippen LogP contribution in [0.4, 0.5) is 4.79 Å². The van der Waals surface area contributed by atoms with E-state index in [9.17, 15) is 13.2 Å². The molecule has 0 aromatic heterocycles. The van der Waals surface area contributed by atoms with Crippen molar-refractivity contribution < 1.29 is 17.9 Å². The maximum Gasteiger partial charge on any atom is 0.421 e. The highest BCUT2D eigenvalue weighted by Crippen LogP contribution is 1.98. The van der Waals surface area contributed by atoms with E-state index in [0.29, 0.717) is 6.42 Å². The van der Waals surface area contributed by atoms with E-state index in [1.54, 1.807) is 0 Å². The third-order valence-corrected chi connectivity index (χ3v) is 1.88. The molecule has 0 atom stereocenters. The summed E-state index contributed by atoms with van der Waals surface area (Å²) in [4.78, 5) is 10.7. The smallest absolute Gasteiger partial charge is 0.421 e. The quantitative estimate of drug-likeness (QED) is 0.674. The summed E-state index contributed by atoms with van der Waals surface area (Å²) in [7, 11) is -4.25. The number of ether oxygens (including phenoxy) is 1. The van der Waals surface area contributed by atoms with Crippen LogP contribution in [0.25, 0.3) is 0 Å². The van der Waals surface area contributed by atoms with E-state index in [0.717, 1.165) is 19.3 Å². The van der Waals surface area contributed by atoms with Gasteiger partial charge >= 0.3 is 16.3 Å². The fourth-order valence-corrected chi connectivity index (χ4v) is 1.11. The highest BCUT2D eigenvalue weighted by molar-refractivity contribution is 7.87. The molecule has 0 spiro atoms. The molecule has 0 aromatic rings. The average Bonchev–Trinajstić information content (AvgIpc) is 2.00. The van der Waals surface area contributed by atoms with Crippen molar-refractivity contribution in [2.24, 2.45) is 0 Å². The summed E-state index contributed by atoms with van der Waals surface area (Å²) in [5, 5.41) is 6.37. The fourth-order valence-electron chi connectivity index (χ4n) is 0.833. The largest absolute Gasteiger partial charge is 0.449 e. The number of hydrogen-bond acceptors (Lipinski definition) is 4. The number of carbonyl (C=O) groups excluding carboxylic acids is 1. The number of unbranched alkanes of at least 4 members (excludes halogenated alkanes) is 3. The molecule has 0 saturated carbocycles. The van der Waals surface area contributed by atoms with Crippen molar-refractivity contribution in [1.82, 2.24) is 9.86 Å². The third-order valence-electron chi connectivity index (χ3n) is 1.45. The van der Waals surface area contributed by atoms with Gasteiger partial charge in [-0.3, -0.25) is 0 Å². The summed E-state index contributed by atoms with van der Waals surface area (Å²) in [6, 6.07) is 0. The Hall–Kier alpha value is -0.820. The highest BCUT2D eigenvalue weighted by atomic mass is 32.2. The maximum atomic E-state index is 10.7. The Morgan fingerprint density at radius 3 is 2.50 bits per heavy atom. The van der Waals surface area contributed by atoms with Crippen LogP contribution in [0, 0.1) is 0 Å². The molecule has 0 saturated heterocycles. The summed E-state index contributed by atoms with van der Waals surface area (Å²) in [6.07, 6.45) is 2.70. The lowest BCUT2D eigenvalue weighted by molar-refractivity contribution is 0.150. The Balaban J connectivity index is 3.46. The molecule has 0 aliphatic carbocycles. The minimum absolute atomic E-state index is 0.182. The van der Waals surface area contributed by atoms with Gasteiger partial charge in [0.2, 0.25) is 0 Å². The Bertz CT molecular complexity index is 263. The zero-order valence-corrected chi connectivity index (χ0v) is 8.89. The average molecular weight is 223 g/mol. The van der Waals surface area contributed by atoms with Crippen LogP contribution in [-0.2, 0) is 14.9 Å². The Kier molecular flexibility index (Phi) is 6.22. The zero-order chi connectivity index (χ0) is 11.0. The molecule has 7 heteroatoms. The van der Waals surface area contributed by atoms with Crippen molar-refractivity contribution in [2.75, 3.05) is 6.61 Å². The number of amides is 1. The summed E-state index contributed by atoms with van der Waals surface area (Å²) in [6.45, 7) is 2.24. The van der Waals surface area contributed by atoms with Gasteiger partial charge in [0.25, 0.3) is 0 Å². The predicted molar refractivity (Wildman–Crippen MR) is 50.6 cm³/mol. The van der Waals surface area contributed by atoms with Gasteiger partial charge in [0, 0.05) is 0 Å². The number of carbonyl (C=O) groups is 1. The van der Waals surface area contributed by atoms with Gasteiger partial charge in [-0.2, -0.15) is 8.42 Å². The first-order valence-corrected chi connectivity index (χ1v) is 5.88. The molecule has 0 unspecified atom stereocenters. The minimum Gasteiger partial charge on any atom is -0.449 e. The van der Waals surface area contributed by atoms with E-state index < -0.39 is 16.3 Å². The molecule has 1 amide bonds. The van der Waals surface area contributed by atoms with Crippen LogP contribution >= 0.6 is 0 Å². The third kappa shape index (κ3) is 9.27. The second kappa shape index (κ2) is 6.61. The van der Waals surface area contributed by atoms with Gasteiger partial charge in [-0.15, -0.1) is 5.14 Å². The van der Waals surface area contributed by atoms with Gasteiger partial charge in [0.05, 0.1) is 6.61 Å². The molecule has 14 heavy (non-hydrogen) atoms. The molecule has 0 bridgehead atoms. The molecule has 0 fully saturated rings. The van der Waals surface area contributed by atoms with Crippen molar-refractivity contribution in [3.8, 4) is 0 Å². The van der Waals surface area contributed by atoms with Crippen LogP contribution in [0.3, 0.4) is 0 Å². The van der Waals surface area contributed by atoms with E-state index in [1.807, 2.05) is 0 Å². The van der Waals surface area contributed by atoms with Gasteiger partial charge in [-0.05, 0) is 6.42 Å². The molecule has 0 heterocycles. The van der Waals surface area contributed by atoms with Crippen LogP contribution in [0.5, 0.6) is 0 Å². The Morgan fingerprint density at radius 2 is 2.00 bits per heavy atom. The zero-order valence-electron chi connectivity index (χ0n) is 8.08. The number of hydrogen-bond donors (Lipinski definition) is 1. The first-order chi connectivity index (χ1) is 6.45. The van der Waals surface area contributed by atoms with Crippen LogP contribution in [-0.4, -0.2) is 21.1 Å². The lowest BCUT2D eigenvalue weighted by atomic mass is 10.2. The molecular formula is C7H15N2O4S. The molecule has 83 valence electrons. The van der Waals surface area contributed by atoms with Crippen LogP contribution in [0.1, 0.15) is 32.6 Å². The summed E-state index contributed by atoms with van der Waals surface area (Å²) in [5.74, 6) is 0. The second-order valence-electron chi connectivity index (χ2n) is 2.80. The van der Waals surface area contributed by atoms with Gasteiger partial charge in [0.1, 0.15) is 0 Å². The fraction of sp³-hybridized carbons (Fsp3) is 0.857. The van der Waals surface area contributed by atoms with E-state index in [-0.39, 0.29) is 6.61 Å². The first kappa shape index (κ1) is 13.2. The first-order valence-electron chi connectivity index (χ1n) is 4.40. The number of rotatable bonds is 6. The van der Waals surface area contributed by atoms with Gasteiger partial charge in [-0.1, -0.05) is 26.2 Å². The normalized spacial score (nSPS) is 11.0. The summed E-state index contributed by atoms with van der Waals surface area (Å²) in [5.41, 5.74) is 0. The van der Waals surface area contributed by atoms with E-state index in [4.69, 9.17) is 5.14 Å². The molecule has 0 aliphatic heterocycles. The van der Waals surface area contributed by atoms with Crippen molar-refractivity contribution in [2.45, 2.75) is 32.6 Å². The second-order valence-corrected chi connectivity index (χ2v) is 4.01. The molecule has 1 radical (unpaired) electrons. The van der Waals surface area contributed by atoms with Crippen molar-refractivity contribution in [1.29, 1.82) is 0 Å². The van der Waals surface area contributed by atoms with Gasteiger partial charge in [0.15, 0.2) is 0 Å². The SMILES string of the molecule is CCCCCCOC(=O)NS([NH])(=O)=O. The standard InChI is InChI=1S/C7H15N2O4S/c1-2-3-4-5-6-13-7(10)9-14(8,11)12/h8H,2-6H2,1H3,(H,9,10). The number of nitrogens with one attached hydrogen (secondary N) is 2. The van der Waals surface area contributed by atoms with Gasteiger partial charge < -0.3 is 4.74 Å². The molecular weight excluding hydrogens is 208 g/mol. The lowest BCUT2D eigenvalue weighted by Gasteiger charge is -2.03. The maximum absolute atomic E-state index is 10.7. The molecule has 2 N–H and O–H groups in total. The van der Waals surface area contributed by atoms with Crippen LogP contribution in [0.15, 0.2) is 0 Å². The lowest BCUT2D eigenvalue weighted by Crippen LogP contribution is -2.31. The Labute approximate surface area is 84.0 Å². The van der Waals surface area contributed by atoms with E-state index in [1.165, 1.54) is 4.72 Å². The Morgan fingerprint density at radius 1 is 1.36 bits per heavy atom. The summed E-state index contributed by atoms with van der Waals surface area (Å²) >= 11 is 0. The molecule has 6 nitrogen and oxygen atoms in total. The van der Waals surface area contributed by atoms with Crippen molar-refractivity contribution in [3.63, 3.8) is 0 Å². The van der Waals surface area contributed by atoms with Crippen molar-refractivity contribution in [3.05, 3.63) is 0 Å². The molecule has 0 aliphatic rings. The van der Waals surface area contributed by atoms with E-state index in [2.05, 4.69) is 11.7 Å². The van der Waals surface area contributed by atoms with Crippen LogP contribution in [0.2, 0.25) is 0 Å². The van der Waals surface area contributed by atoms with Crippen molar-refractivity contribution >= 4 is 16.3 Å². The predicted octanol–water partition coefficient (Wildman–Crippen LogP) is 0.821. The van der Waals surface area contributed by atoms with Gasteiger partial charge in [-0.25, -0.2) is 9.52 Å². The summed E-state index contributed by atoms with van der Waals surface area (Å²) < 4.78 is 26.4. The molecule has 0 aromatic carbocycles. The monoisotopic (exact) mass is 223 g/mol. The topological polar surface area (TPSA) is 96.3 Å². The highest BCUT2D eigenvalue weighted by Gasteiger charge is 2.09. The van der Waals surface area contributed by atoms with E-state index >= 15 is 0 Å². The minimum atomic E-state index is -4.25. The molecule has 0 rings (SSSR count). The van der Waals surface area contributed by atoms with Crippen LogP contribution < -0.4 is 9.86 Å².